The van der Waals surface area contributed by atoms with Crippen molar-refractivity contribution in [1.82, 2.24) is 19.3 Å². The third-order valence-electron chi connectivity index (χ3n) is 4.44. The molecule has 0 spiro atoms. The zero-order valence-electron chi connectivity index (χ0n) is 13.9. The van der Waals surface area contributed by atoms with Gasteiger partial charge in [0.1, 0.15) is 0 Å². The number of hydrogen-bond acceptors (Lipinski definition) is 4. The van der Waals surface area contributed by atoms with Crippen LogP contribution in [0, 0.1) is 0 Å². The molecular weight excluding hydrogens is 345 g/mol. The smallest absolute Gasteiger partial charge is 0.366 e. The van der Waals surface area contributed by atoms with E-state index in [0.29, 0.717) is 18.9 Å². The van der Waals surface area contributed by atoms with Crippen molar-refractivity contribution in [2.24, 2.45) is 0 Å². The third-order valence-corrected chi connectivity index (χ3v) is 4.44. The molecular formula is C18H17F3N4O. The van der Waals surface area contributed by atoms with Crippen LogP contribution in [0.3, 0.4) is 0 Å². The van der Waals surface area contributed by atoms with Crippen molar-refractivity contribution >= 4 is 5.78 Å². The summed E-state index contributed by atoms with van der Waals surface area (Å²) < 4.78 is 45.8. The Bertz CT molecular complexity index is 894. The van der Waals surface area contributed by atoms with E-state index in [1.165, 1.54) is 0 Å². The molecule has 26 heavy (non-hydrogen) atoms. The highest BCUT2D eigenvalue weighted by Crippen LogP contribution is 2.28. The molecule has 0 radical (unpaired) electrons. The predicted octanol–water partition coefficient (Wildman–Crippen LogP) is 3.16. The van der Waals surface area contributed by atoms with Gasteiger partial charge in [0.05, 0.1) is 18.0 Å². The van der Waals surface area contributed by atoms with E-state index in [4.69, 9.17) is 4.74 Å². The summed E-state index contributed by atoms with van der Waals surface area (Å²) in [5, 5.41) is 0. The Hall–Kier alpha value is -2.45. The Morgan fingerprint density at radius 1 is 1.15 bits per heavy atom. The lowest BCUT2D eigenvalue weighted by atomic mass is 10.1. The molecule has 5 nitrogen and oxygen atoms in total. The standard InChI is InChI=1S/C18H17F3N4O/c19-18(20,21)15-12-24(9-10-26-15)11-14-16(13-5-2-1-3-6-13)23-17-22-7-4-8-25(14)17/h1-8,15H,9-12H2. The highest BCUT2D eigenvalue weighted by Gasteiger charge is 2.43. The molecule has 0 N–H and O–H groups in total. The van der Waals surface area contributed by atoms with Crippen molar-refractivity contribution in [3.05, 3.63) is 54.5 Å². The van der Waals surface area contributed by atoms with E-state index in [0.717, 1.165) is 17.0 Å². The van der Waals surface area contributed by atoms with Crippen LogP contribution in [-0.4, -0.2) is 51.2 Å². The molecule has 0 saturated carbocycles. The van der Waals surface area contributed by atoms with Crippen LogP contribution in [0.4, 0.5) is 13.2 Å². The van der Waals surface area contributed by atoms with Crippen molar-refractivity contribution in [2.75, 3.05) is 19.7 Å². The molecule has 1 aromatic carbocycles. The minimum atomic E-state index is -4.36. The lowest BCUT2D eigenvalue weighted by molar-refractivity contribution is -0.237. The van der Waals surface area contributed by atoms with Gasteiger partial charge >= 0.3 is 6.18 Å². The Labute approximate surface area is 148 Å². The number of benzene rings is 1. The Balaban J connectivity index is 1.69. The largest absolute Gasteiger partial charge is 0.415 e. The molecule has 3 heterocycles. The first-order valence-electron chi connectivity index (χ1n) is 8.30. The van der Waals surface area contributed by atoms with E-state index in [2.05, 4.69) is 9.97 Å². The highest BCUT2D eigenvalue weighted by atomic mass is 19.4. The highest BCUT2D eigenvalue weighted by molar-refractivity contribution is 5.65. The monoisotopic (exact) mass is 362 g/mol. The number of alkyl halides is 3. The second kappa shape index (κ2) is 6.69. The molecule has 0 bridgehead atoms. The first kappa shape index (κ1) is 17.0. The van der Waals surface area contributed by atoms with Gasteiger partial charge in [0.15, 0.2) is 6.10 Å². The van der Waals surface area contributed by atoms with Crippen molar-refractivity contribution in [2.45, 2.75) is 18.8 Å². The van der Waals surface area contributed by atoms with Crippen molar-refractivity contribution in [1.29, 1.82) is 0 Å². The zero-order valence-corrected chi connectivity index (χ0v) is 13.9. The van der Waals surface area contributed by atoms with Crippen molar-refractivity contribution < 1.29 is 17.9 Å². The van der Waals surface area contributed by atoms with Gasteiger partial charge in [0.25, 0.3) is 0 Å². The summed E-state index contributed by atoms with van der Waals surface area (Å²) in [6.45, 7) is 0.645. The van der Waals surface area contributed by atoms with Gasteiger partial charge in [-0.2, -0.15) is 13.2 Å². The van der Waals surface area contributed by atoms with Gasteiger partial charge in [-0.15, -0.1) is 0 Å². The summed E-state index contributed by atoms with van der Waals surface area (Å²) in [4.78, 5) is 10.6. The molecule has 3 aromatic rings. The summed E-state index contributed by atoms with van der Waals surface area (Å²) in [5.74, 6) is 0.530. The molecule has 1 atom stereocenters. The fourth-order valence-electron chi connectivity index (χ4n) is 3.17. The third kappa shape index (κ3) is 3.30. The van der Waals surface area contributed by atoms with E-state index in [1.807, 2.05) is 40.9 Å². The van der Waals surface area contributed by atoms with E-state index < -0.39 is 12.3 Å². The van der Waals surface area contributed by atoms with Crippen LogP contribution in [0.1, 0.15) is 5.69 Å². The first-order valence-corrected chi connectivity index (χ1v) is 8.30. The Kier molecular flexibility index (Phi) is 4.37. The van der Waals surface area contributed by atoms with Gasteiger partial charge in [0, 0.05) is 37.6 Å². The van der Waals surface area contributed by atoms with Gasteiger partial charge in [0.2, 0.25) is 5.78 Å². The van der Waals surface area contributed by atoms with Crippen LogP contribution in [0.15, 0.2) is 48.8 Å². The average molecular weight is 362 g/mol. The number of halogens is 3. The molecule has 2 aromatic heterocycles. The molecule has 1 aliphatic rings. The maximum Gasteiger partial charge on any atom is 0.415 e. The molecule has 4 rings (SSSR count). The number of nitrogens with zero attached hydrogens (tertiary/aromatic N) is 4. The molecule has 1 fully saturated rings. The second-order valence-corrected chi connectivity index (χ2v) is 6.20. The summed E-state index contributed by atoms with van der Waals surface area (Å²) in [5.41, 5.74) is 2.47. The molecule has 0 aliphatic carbocycles. The molecule has 136 valence electrons. The van der Waals surface area contributed by atoms with E-state index in [1.54, 1.807) is 17.2 Å². The number of rotatable bonds is 3. The first-order chi connectivity index (χ1) is 12.5. The van der Waals surface area contributed by atoms with Crippen LogP contribution in [-0.2, 0) is 11.3 Å². The van der Waals surface area contributed by atoms with E-state index in [-0.39, 0.29) is 13.2 Å². The van der Waals surface area contributed by atoms with Gasteiger partial charge in [-0.3, -0.25) is 9.30 Å². The summed E-state index contributed by atoms with van der Waals surface area (Å²) in [7, 11) is 0. The maximum atomic E-state index is 13.0. The minimum Gasteiger partial charge on any atom is -0.366 e. The summed E-state index contributed by atoms with van der Waals surface area (Å²) >= 11 is 0. The fourth-order valence-corrected chi connectivity index (χ4v) is 3.17. The lowest BCUT2D eigenvalue weighted by Crippen LogP contribution is -2.48. The maximum absolute atomic E-state index is 13.0. The molecule has 8 heteroatoms. The van der Waals surface area contributed by atoms with E-state index in [9.17, 15) is 13.2 Å². The minimum absolute atomic E-state index is 0.0554. The summed E-state index contributed by atoms with van der Waals surface area (Å²) in [6, 6.07) is 11.4. The van der Waals surface area contributed by atoms with Gasteiger partial charge < -0.3 is 4.74 Å². The van der Waals surface area contributed by atoms with Crippen LogP contribution < -0.4 is 0 Å². The van der Waals surface area contributed by atoms with Crippen LogP contribution in [0.25, 0.3) is 17.0 Å². The quantitative estimate of drug-likeness (QED) is 0.718. The van der Waals surface area contributed by atoms with Crippen LogP contribution in [0.2, 0.25) is 0 Å². The number of ether oxygens (including phenoxy) is 1. The fraction of sp³-hybridized carbons (Fsp3) is 0.333. The van der Waals surface area contributed by atoms with E-state index >= 15 is 0 Å². The van der Waals surface area contributed by atoms with Crippen LogP contribution in [0.5, 0.6) is 0 Å². The van der Waals surface area contributed by atoms with Gasteiger partial charge in [-0.25, -0.2) is 9.97 Å². The van der Waals surface area contributed by atoms with Crippen LogP contribution >= 0.6 is 0 Å². The molecule has 1 saturated heterocycles. The van der Waals surface area contributed by atoms with Crippen molar-refractivity contribution in [3.63, 3.8) is 0 Å². The molecule has 1 unspecified atom stereocenters. The number of aromatic nitrogens is 3. The second-order valence-electron chi connectivity index (χ2n) is 6.20. The molecule has 1 aliphatic heterocycles. The predicted molar refractivity (Wildman–Crippen MR) is 89.5 cm³/mol. The normalized spacial score (nSPS) is 19.1. The molecule has 0 amide bonds. The lowest BCUT2D eigenvalue weighted by Gasteiger charge is -2.33. The Morgan fingerprint density at radius 2 is 1.96 bits per heavy atom. The SMILES string of the molecule is FC(F)(F)C1CN(Cc2c(-c3ccccc3)nc3ncccn23)CCO1. The number of fused-ring (bicyclic) bond motifs is 1. The average Bonchev–Trinajstić information content (AvgIpc) is 3.01. The number of imidazole rings is 1. The summed E-state index contributed by atoms with van der Waals surface area (Å²) in [6.07, 6.45) is -2.63. The number of morpholine rings is 1. The zero-order chi connectivity index (χ0) is 18.1. The topological polar surface area (TPSA) is 42.7 Å². The van der Waals surface area contributed by atoms with Crippen molar-refractivity contribution in [3.8, 4) is 11.3 Å². The van der Waals surface area contributed by atoms with Gasteiger partial charge in [-0.1, -0.05) is 30.3 Å². The number of hydrogen-bond donors (Lipinski definition) is 0. The van der Waals surface area contributed by atoms with Gasteiger partial charge in [-0.05, 0) is 6.07 Å². The Morgan fingerprint density at radius 3 is 2.73 bits per heavy atom.